The Morgan fingerprint density at radius 3 is 1.95 bits per heavy atom. The Morgan fingerprint density at radius 1 is 0.705 bits per heavy atom. The van der Waals surface area contributed by atoms with Crippen molar-refractivity contribution in [3.8, 4) is 51.4 Å². The number of aliphatic hydroxyl groups is 8. The summed E-state index contributed by atoms with van der Waals surface area (Å²) in [5.41, 5.74) is 8.24. The van der Waals surface area contributed by atoms with Gasteiger partial charge >= 0.3 is 0 Å². The van der Waals surface area contributed by atoms with E-state index in [4.69, 9.17) is 67.8 Å². The lowest BCUT2D eigenvalue weighted by atomic mass is 9.54. The standard InChI is InChI=1S/C91H112Cl2N12O26S/c1-7-8-9-22-125-49-13-15-50(16-14-49)132(123,124)98-21-20-97-37-53-59(107)34-52-67-51-29-43(10-17-54(51)91(121,122)68(53)67)70-84(116)105-74(88(120)103-72(52)86(118)100-69-46-25-41-24-42(27-46)28-47(69)26-41)76(110)45-12-19-61(56(93)31-45)128-63-33-48-32-62(79(63)131-89-80(78(112)77(111)64(38-106)129-89)130-66-36-90(5,95)81(113)40(4)126-66)127-60-18-11-44(30-55(60)92)75(109)73(104-82(114)57(96-6)23-39(2)3)87(119)99-58(35-65(94)108)83(115)101-71(48)85(117)102-70/h10-19,29-34,39-42,46-47,57-58,64,66,69-78,80-81,89,96-98,106-107,109-113,121-122H,7-9,20-28,35-38,95H2,1-6H3,(H2,94,108)(H,99,119)(H,100,118)(H,101,115)(H,102,117)(H,103,120)(H,104,114)(H,105,116)/t40-,41?,42?,46?,47?,57+,58-,64+,66-,69?,70+,71+,72-,73+,74-,75+,76+,77+,78-,80+,81+,89-,90-/m0/s1. The maximum absolute atomic E-state index is 16.7. The summed E-state index contributed by atoms with van der Waals surface area (Å²) in [6, 6.07) is 5.31. The average Bonchev–Trinajstić information content (AvgIpc) is 1.54. The fraction of sp³-hybridized carbons (Fsp3) is 0.516. The fourth-order valence-electron chi connectivity index (χ4n) is 19.9. The van der Waals surface area contributed by atoms with Crippen molar-refractivity contribution in [3.63, 3.8) is 0 Å². The van der Waals surface area contributed by atoms with Gasteiger partial charge in [0.25, 0.3) is 0 Å². The maximum atomic E-state index is 16.7. The Labute approximate surface area is 770 Å². The largest absolute Gasteiger partial charge is 0.508 e. The van der Waals surface area contributed by atoms with Crippen LogP contribution in [0, 0.1) is 29.6 Å². The summed E-state index contributed by atoms with van der Waals surface area (Å²) in [4.78, 5) is 124. The number of benzene rings is 6. The molecule has 7 aliphatic heterocycles. The summed E-state index contributed by atoms with van der Waals surface area (Å²) in [7, 11) is -2.67. The van der Waals surface area contributed by atoms with Crippen LogP contribution in [0.25, 0.3) is 11.1 Å². The maximum Gasteiger partial charge on any atom is 0.248 e. The predicted molar refractivity (Wildman–Crippen MR) is 471 cm³/mol. The fourth-order valence-corrected chi connectivity index (χ4v) is 21.3. The number of phenolic OH excluding ortho intramolecular Hbond substituents is 1. The van der Waals surface area contributed by atoms with Gasteiger partial charge < -0.3 is 138 Å². The first-order valence-corrected chi connectivity index (χ1v) is 46.5. The van der Waals surface area contributed by atoms with Gasteiger partial charge in [0.15, 0.2) is 23.9 Å². The molecule has 132 heavy (non-hydrogen) atoms. The van der Waals surface area contributed by atoms with Crippen molar-refractivity contribution in [1.29, 1.82) is 0 Å². The third-order valence-electron chi connectivity index (χ3n) is 26.4. The SMILES string of the molecule is CCCCCOc1ccc(S(=O)(=O)NCCNCc2c(O)cc3c4c2C(O)(O)c2ccc(cc2-4)[C@H]2NC(=O)[C@@H]4NC(=O)[C@H](CC(N)=O)NC(=O)[C@H](NC(=O)[C@@H](CC(C)C)NC)[C@H](O)c5ccc(c(Cl)c5)Oc5cc4cc(c5O[C@@H]4O[C@H](CO)[C@@H](O)[C@H](O)[C@H]4O[C@H]4C[C@](C)(N)[C@H](O)[C@H](C)O4)Oc4ccc(cc4Cl)[C@@H](O)[C@H](NC2=O)C(=O)N[C@@H]3C(=O)NC2C3CC4CC(C3)CC2C4)cc1. The predicted octanol–water partition coefficient (Wildman–Crippen LogP) is 2.69. The number of phenols is 1. The van der Waals surface area contributed by atoms with E-state index >= 15 is 28.8 Å². The summed E-state index contributed by atoms with van der Waals surface area (Å²) in [5.74, 6) is -15.0. The molecule has 12 aliphatic rings. The quantitative estimate of drug-likeness (QED) is 0.0274. The summed E-state index contributed by atoms with van der Waals surface area (Å²) in [6.45, 7) is 7.31. The summed E-state index contributed by atoms with van der Waals surface area (Å²) in [6.07, 6.45) is -11.8. The zero-order valence-corrected chi connectivity index (χ0v) is 75.4. The molecule has 712 valence electrons. The lowest BCUT2D eigenvalue weighted by Gasteiger charge is -2.54. The molecule has 15 bridgehead atoms. The lowest BCUT2D eigenvalue weighted by Crippen LogP contribution is -2.64. The van der Waals surface area contributed by atoms with Gasteiger partial charge in [-0.25, -0.2) is 13.1 Å². The first-order chi connectivity index (χ1) is 62.7. The number of sulfonamides is 1. The van der Waals surface area contributed by atoms with Crippen LogP contribution in [0.15, 0.2) is 102 Å². The smallest absolute Gasteiger partial charge is 0.248 e. The molecule has 0 aromatic heterocycles. The molecule has 0 unspecified atom stereocenters. The van der Waals surface area contributed by atoms with Crippen molar-refractivity contribution >= 4 is 80.5 Å². The lowest BCUT2D eigenvalue weighted by molar-refractivity contribution is -0.333. The number of amides is 8. The number of nitrogens with two attached hydrogens (primary N) is 2. The molecule has 38 nitrogen and oxygen atoms in total. The Morgan fingerprint density at radius 2 is 1.33 bits per heavy atom. The van der Waals surface area contributed by atoms with E-state index in [2.05, 4.69) is 59.5 Å². The van der Waals surface area contributed by atoms with Crippen molar-refractivity contribution in [2.24, 2.45) is 41.1 Å². The number of likely N-dealkylation sites (N-methyl/N-ethyl adjacent to an activating group) is 1. The van der Waals surface area contributed by atoms with E-state index in [0.29, 0.717) is 24.2 Å². The van der Waals surface area contributed by atoms with E-state index in [1.165, 1.54) is 87.6 Å². The van der Waals surface area contributed by atoms with Crippen LogP contribution in [0.3, 0.4) is 0 Å². The second kappa shape index (κ2) is 39.5. The zero-order valence-electron chi connectivity index (χ0n) is 73.1. The minimum absolute atomic E-state index is 0.0100. The highest BCUT2D eigenvalue weighted by molar-refractivity contribution is 7.89. The average molecular weight is 1890 g/mol. The van der Waals surface area contributed by atoms with Crippen LogP contribution in [0.1, 0.15) is 180 Å². The van der Waals surface area contributed by atoms with Crippen LogP contribution in [0.5, 0.6) is 40.2 Å². The number of carbonyl (C=O) groups is 8. The topological polar surface area (TPSA) is 590 Å². The highest BCUT2D eigenvalue weighted by Crippen LogP contribution is 2.57. The molecule has 5 aliphatic carbocycles. The number of carbonyl (C=O) groups excluding carboxylic acids is 8. The summed E-state index contributed by atoms with van der Waals surface area (Å²) >= 11 is 14.5. The molecule has 23 N–H and O–H groups in total. The van der Waals surface area contributed by atoms with Crippen LogP contribution < -0.4 is 83.0 Å². The third kappa shape index (κ3) is 20.1. The van der Waals surface area contributed by atoms with Gasteiger partial charge in [-0.1, -0.05) is 81.1 Å². The van der Waals surface area contributed by atoms with Crippen molar-refractivity contribution in [2.75, 3.05) is 33.4 Å². The number of nitrogens with one attached hydrogen (secondary N) is 10. The van der Waals surface area contributed by atoms with E-state index in [9.17, 15) is 64.0 Å². The molecule has 6 aromatic rings. The number of fused-ring (bicyclic) bond motifs is 12. The molecule has 41 heteroatoms. The van der Waals surface area contributed by atoms with Gasteiger partial charge in [0, 0.05) is 54.3 Å². The van der Waals surface area contributed by atoms with E-state index in [1.807, 2.05) is 13.8 Å². The van der Waals surface area contributed by atoms with Gasteiger partial charge in [0.05, 0.1) is 52.8 Å². The van der Waals surface area contributed by atoms with Crippen molar-refractivity contribution in [2.45, 2.75) is 238 Å². The van der Waals surface area contributed by atoms with Crippen molar-refractivity contribution < 1.29 is 126 Å². The van der Waals surface area contributed by atoms with Gasteiger partial charge in [0.2, 0.25) is 75.1 Å². The third-order valence-corrected chi connectivity index (χ3v) is 28.5. The molecule has 4 saturated carbocycles. The second-order valence-corrected chi connectivity index (χ2v) is 39.0. The number of halogens is 2. The van der Waals surface area contributed by atoms with Gasteiger partial charge in [0.1, 0.15) is 89.8 Å². The number of aromatic hydroxyl groups is 1. The molecule has 18 rings (SSSR count). The minimum Gasteiger partial charge on any atom is -0.508 e. The normalized spacial score (nSPS) is 30.2. The Bertz CT molecular complexity index is 5500. The Hall–Kier alpha value is -9.99. The molecule has 2 saturated heterocycles. The highest BCUT2D eigenvalue weighted by Gasteiger charge is 2.55. The van der Waals surface area contributed by atoms with Crippen molar-refractivity contribution in [3.05, 3.63) is 152 Å². The number of unbranched alkanes of at least 4 members (excludes halogenated alkanes) is 2. The summed E-state index contributed by atoms with van der Waals surface area (Å²) < 4.78 is 74.8. The van der Waals surface area contributed by atoms with Gasteiger partial charge in [-0.3, -0.25) is 38.4 Å². The number of ether oxygens (including phenoxy) is 7. The molecule has 8 amide bonds. The van der Waals surface area contributed by atoms with Crippen molar-refractivity contribution in [1.82, 2.24) is 52.6 Å². The molecule has 0 radical (unpaired) electrons. The van der Waals surface area contributed by atoms with Crippen LogP contribution in [-0.4, -0.2) is 220 Å². The zero-order chi connectivity index (χ0) is 94.6. The number of hydrogen-bond acceptors (Lipinski definition) is 29. The van der Waals surface area contributed by atoms with Crippen LogP contribution in [-0.2, 0) is 74.9 Å². The molecular formula is C91H112Cl2N12O26S. The molecule has 6 fully saturated rings. The molecule has 0 spiro atoms. The molecule has 18 atom stereocenters. The van der Waals surface area contributed by atoms with E-state index < -0.39 is 237 Å². The van der Waals surface area contributed by atoms with Crippen LogP contribution in [0.4, 0.5) is 0 Å². The van der Waals surface area contributed by atoms with Gasteiger partial charge in [-0.2, -0.15) is 0 Å². The number of hydrogen-bond donors (Lipinski definition) is 21. The molecular weight excluding hydrogens is 1780 g/mol. The molecule has 6 aromatic carbocycles. The number of aliphatic hydroxyl groups excluding tert-OH is 6. The minimum atomic E-state index is -4.15. The van der Waals surface area contributed by atoms with Gasteiger partial charge in [-0.15, -0.1) is 0 Å². The first kappa shape index (κ1) is 96.6. The highest BCUT2D eigenvalue weighted by atomic mass is 35.5. The Balaban J connectivity index is 0.895. The van der Waals surface area contributed by atoms with E-state index in [-0.39, 0.29) is 110 Å². The van der Waals surface area contributed by atoms with Gasteiger partial charge in [-0.05, 0) is 207 Å². The monoisotopic (exact) mass is 1890 g/mol. The second-order valence-electron chi connectivity index (χ2n) is 36.4. The molecule has 7 heterocycles. The first-order valence-electron chi connectivity index (χ1n) is 44.3. The summed E-state index contributed by atoms with van der Waals surface area (Å²) in [5, 5.41) is 134. The van der Waals surface area contributed by atoms with Crippen LogP contribution in [0.2, 0.25) is 10.0 Å². The van der Waals surface area contributed by atoms with E-state index in [1.54, 1.807) is 0 Å². The Kier molecular flexibility index (Phi) is 28.9. The number of rotatable bonds is 26. The van der Waals surface area contributed by atoms with Crippen LogP contribution >= 0.6 is 23.2 Å². The number of primary amides is 1. The van der Waals surface area contributed by atoms with E-state index in [0.717, 1.165) is 81.7 Å².